The maximum atomic E-state index is 12.7. The molecule has 1 atom stereocenters. The number of amides is 1. The highest BCUT2D eigenvalue weighted by Gasteiger charge is 2.29. The van der Waals surface area contributed by atoms with Gasteiger partial charge >= 0.3 is 5.97 Å². The molecule has 0 bridgehead atoms. The first-order valence-electron chi connectivity index (χ1n) is 8.64. The molecule has 0 spiro atoms. The number of aromatic nitrogens is 2. The van der Waals surface area contributed by atoms with Crippen molar-refractivity contribution in [3.63, 3.8) is 0 Å². The highest BCUT2D eigenvalue weighted by atomic mass is 16.5. The molecule has 0 radical (unpaired) electrons. The summed E-state index contributed by atoms with van der Waals surface area (Å²) in [4.78, 5) is 39.1. The van der Waals surface area contributed by atoms with E-state index in [1.165, 1.54) is 7.05 Å². The third-order valence-corrected chi connectivity index (χ3v) is 4.15. The topological polar surface area (TPSA) is 81.5 Å². The molecule has 1 heterocycles. The van der Waals surface area contributed by atoms with Crippen LogP contribution in [0.4, 0.5) is 0 Å². The maximum absolute atomic E-state index is 12.7. The molecule has 1 amide bonds. The Labute approximate surface area is 152 Å². The van der Waals surface area contributed by atoms with Gasteiger partial charge in [-0.15, -0.1) is 0 Å². The molecule has 2 aromatic rings. The number of hydrogen-bond acceptors (Lipinski definition) is 5. The minimum atomic E-state index is -0.954. The minimum Gasteiger partial charge on any atom is -0.448 e. The molecular weight excluding hydrogens is 334 g/mol. The van der Waals surface area contributed by atoms with Crippen molar-refractivity contribution < 1.29 is 14.3 Å². The van der Waals surface area contributed by atoms with Crippen LogP contribution in [0.5, 0.6) is 0 Å². The quantitative estimate of drug-likeness (QED) is 0.764. The molecule has 0 aliphatic heterocycles. The van der Waals surface area contributed by atoms with Gasteiger partial charge in [-0.25, -0.2) is 9.48 Å². The highest BCUT2D eigenvalue weighted by molar-refractivity contribution is 6.02. The fourth-order valence-corrected chi connectivity index (χ4v) is 3.03. The van der Waals surface area contributed by atoms with Crippen molar-refractivity contribution in [2.75, 3.05) is 0 Å². The van der Waals surface area contributed by atoms with Crippen LogP contribution in [-0.4, -0.2) is 44.7 Å². The third kappa shape index (κ3) is 3.76. The van der Waals surface area contributed by atoms with Crippen LogP contribution in [-0.2, 0) is 16.6 Å². The van der Waals surface area contributed by atoms with E-state index in [0.717, 1.165) is 4.68 Å². The third-order valence-electron chi connectivity index (χ3n) is 4.15. The molecule has 0 aliphatic carbocycles. The average Bonchev–Trinajstić information content (AvgIpc) is 2.57. The molecular formula is C19H25N3O4. The van der Waals surface area contributed by atoms with Crippen LogP contribution in [0.3, 0.4) is 0 Å². The first kappa shape index (κ1) is 19.6. The van der Waals surface area contributed by atoms with E-state index in [1.54, 1.807) is 36.1 Å². The van der Waals surface area contributed by atoms with Gasteiger partial charge in [0, 0.05) is 24.5 Å². The number of rotatable bonds is 5. The van der Waals surface area contributed by atoms with E-state index in [-0.39, 0.29) is 29.2 Å². The SMILES string of the molecule is CC(C)N(C(=O)[C@H](C)OC(=O)c1nn(C)c(=O)c2ccccc12)C(C)C. The summed E-state index contributed by atoms with van der Waals surface area (Å²) in [6.45, 7) is 9.19. The van der Waals surface area contributed by atoms with Crippen LogP contribution in [0.1, 0.15) is 45.1 Å². The second-order valence-electron chi connectivity index (χ2n) is 6.80. The van der Waals surface area contributed by atoms with Gasteiger partial charge < -0.3 is 9.64 Å². The fourth-order valence-electron chi connectivity index (χ4n) is 3.03. The molecule has 0 fully saturated rings. The van der Waals surface area contributed by atoms with Crippen LogP contribution in [0.15, 0.2) is 29.1 Å². The van der Waals surface area contributed by atoms with Crippen molar-refractivity contribution in [2.24, 2.45) is 7.05 Å². The largest absolute Gasteiger partial charge is 0.448 e. The van der Waals surface area contributed by atoms with E-state index in [9.17, 15) is 14.4 Å². The molecule has 0 unspecified atom stereocenters. The number of benzene rings is 1. The van der Waals surface area contributed by atoms with E-state index in [1.807, 2.05) is 27.7 Å². The number of carbonyl (C=O) groups is 2. The molecule has 26 heavy (non-hydrogen) atoms. The lowest BCUT2D eigenvalue weighted by molar-refractivity contribution is -0.143. The van der Waals surface area contributed by atoms with Crippen molar-refractivity contribution >= 4 is 22.6 Å². The number of esters is 1. The Kier molecular flexibility index (Phi) is 5.79. The second kappa shape index (κ2) is 7.68. The molecule has 0 aliphatic rings. The van der Waals surface area contributed by atoms with Gasteiger partial charge in [0.05, 0.1) is 5.39 Å². The van der Waals surface area contributed by atoms with Crippen molar-refractivity contribution in [3.8, 4) is 0 Å². The van der Waals surface area contributed by atoms with Gasteiger partial charge in [0.2, 0.25) is 0 Å². The number of nitrogens with zero attached hydrogens (tertiary/aromatic N) is 3. The Morgan fingerprint density at radius 2 is 1.58 bits per heavy atom. The Bertz CT molecular complexity index is 878. The molecule has 7 nitrogen and oxygen atoms in total. The molecule has 1 aromatic carbocycles. The van der Waals surface area contributed by atoms with E-state index >= 15 is 0 Å². The van der Waals surface area contributed by atoms with Crippen LogP contribution in [0.25, 0.3) is 10.8 Å². The predicted octanol–water partition coefficient (Wildman–Crippen LogP) is 2.12. The molecule has 1 aromatic heterocycles. The summed E-state index contributed by atoms with van der Waals surface area (Å²) in [6.07, 6.45) is -0.954. The standard InChI is InChI=1S/C19H25N3O4/c1-11(2)22(12(3)4)17(23)13(5)26-19(25)16-14-9-7-8-10-15(14)18(24)21(6)20-16/h7-13H,1-6H3/t13-/m0/s1. The summed E-state index contributed by atoms with van der Waals surface area (Å²) >= 11 is 0. The van der Waals surface area contributed by atoms with Crippen molar-refractivity contribution in [1.29, 1.82) is 0 Å². The van der Waals surface area contributed by atoms with Gasteiger partial charge in [0.25, 0.3) is 11.5 Å². The van der Waals surface area contributed by atoms with Crippen molar-refractivity contribution in [3.05, 3.63) is 40.3 Å². The lowest BCUT2D eigenvalue weighted by atomic mass is 10.1. The maximum Gasteiger partial charge on any atom is 0.360 e. The molecule has 2 rings (SSSR count). The first-order valence-corrected chi connectivity index (χ1v) is 8.64. The zero-order chi connectivity index (χ0) is 19.6. The first-order chi connectivity index (χ1) is 12.1. The van der Waals surface area contributed by atoms with Crippen LogP contribution < -0.4 is 5.56 Å². The van der Waals surface area contributed by atoms with Crippen molar-refractivity contribution in [1.82, 2.24) is 14.7 Å². The van der Waals surface area contributed by atoms with Crippen molar-refractivity contribution in [2.45, 2.75) is 52.8 Å². The van der Waals surface area contributed by atoms with Crippen LogP contribution >= 0.6 is 0 Å². The van der Waals surface area contributed by atoms with Gasteiger partial charge in [0.1, 0.15) is 0 Å². The lowest BCUT2D eigenvalue weighted by Crippen LogP contribution is -2.47. The molecule has 7 heteroatoms. The lowest BCUT2D eigenvalue weighted by Gasteiger charge is -2.32. The summed E-state index contributed by atoms with van der Waals surface area (Å²) in [6, 6.07) is 6.67. The van der Waals surface area contributed by atoms with E-state index in [4.69, 9.17) is 4.74 Å². The van der Waals surface area contributed by atoms with Gasteiger partial charge in [-0.2, -0.15) is 5.10 Å². The number of hydrogen-bond donors (Lipinski definition) is 0. The molecule has 0 N–H and O–H groups in total. The van der Waals surface area contributed by atoms with E-state index in [0.29, 0.717) is 10.8 Å². The summed E-state index contributed by atoms with van der Waals surface area (Å²) in [5, 5.41) is 4.82. The Balaban J connectivity index is 2.33. The zero-order valence-electron chi connectivity index (χ0n) is 16.0. The van der Waals surface area contributed by atoms with Crippen LogP contribution in [0, 0.1) is 0 Å². The predicted molar refractivity (Wildman–Crippen MR) is 99.0 cm³/mol. The number of fused-ring (bicyclic) bond motifs is 1. The normalized spacial score (nSPS) is 12.5. The zero-order valence-corrected chi connectivity index (χ0v) is 16.0. The summed E-state index contributed by atoms with van der Waals surface area (Å²) < 4.78 is 6.47. The summed E-state index contributed by atoms with van der Waals surface area (Å²) in [5.41, 5.74) is -0.282. The molecule has 0 saturated heterocycles. The van der Waals surface area contributed by atoms with E-state index < -0.39 is 12.1 Å². The van der Waals surface area contributed by atoms with Gasteiger partial charge in [-0.05, 0) is 40.7 Å². The van der Waals surface area contributed by atoms with E-state index in [2.05, 4.69) is 5.10 Å². The van der Waals surface area contributed by atoms with Gasteiger partial charge in [-0.3, -0.25) is 9.59 Å². The van der Waals surface area contributed by atoms with Crippen LogP contribution in [0.2, 0.25) is 0 Å². The fraction of sp³-hybridized carbons (Fsp3) is 0.474. The van der Waals surface area contributed by atoms with Gasteiger partial charge in [-0.1, -0.05) is 18.2 Å². The molecule has 140 valence electrons. The number of aryl methyl sites for hydroxylation is 1. The number of ether oxygens (including phenoxy) is 1. The second-order valence-corrected chi connectivity index (χ2v) is 6.80. The summed E-state index contributed by atoms with van der Waals surface area (Å²) in [7, 11) is 1.47. The number of carbonyl (C=O) groups excluding carboxylic acids is 2. The Morgan fingerprint density at radius 3 is 2.12 bits per heavy atom. The Morgan fingerprint density at radius 1 is 1.04 bits per heavy atom. The average molecular weight is 359 g/mol. The minimum absolute atomic E-state index is 0.0137. The monoisotopic (exact) mass is 359 g/mol. The highest BCUT2D eigenvalue weighted by Crippen LogP contribution is 2.16. The van der Waals surface area contributed by atoms with Gasteiger partial charge in [0.15, 0.2) is 11.8 Å². The smallest absolute Gasteiger partial charge is 0.360 e. The summed E-state index contributed by atoms with van der Waals surface area (Å²) in [5.74, 6) is -0.998. The molecule has 0 saturated carbocycles. The Hall–Kier alpha value is -2.70.